The Bertz CT molecular complexity index is 762. The summed E-state index contributed by atoms with van der Waals surface area (Å²) in [4.78, 5) is 3.93. The Balaban J connectivity index is 2.01. The molecule has 1 aromatic carbocycles. The molecule has 1 aromatic heterocycles. The Kier molecular flexibility index (Phi) is 6.84. The third-order valence-corrected chi connectivity index (χ3v) is 3.41. The number of methoxy groups -OCH3 is 1. The molecular weight excluding hydrogens is 320 g/mol. The van der Waals surface area contributed by atoms with Gasteiger partial charge in [-0.05, 0) is 30.2 Å². The fraction of sp³-hybridized carbons (Fsp3) is 0.389. The number of hydrogen-bond acceptors (Lipinski definition) is 7. The first kappa shape index (κ1) is 18.3. The number of oxazole rings is 1. The molecule has 0 amide bonds. The average molecular weight is 342 g/mol. The van der Waals surface area contributed by atoms with E-state index in [-0.39, 0.29) is 11.6 Å². The van der Waals surface area contributed by atoms with Crippen molar-refractivity contribution in [2.24, 2.45) is 5.10 Å². The number of ether oxygens (including phenoxy) is 2. The molecule has 0 unspecified atom stereocenters. The lowest BCUT2D eigenvalue weighted by molar-refractivity contribution is 0.286. The molecule has 132 valence electrons. The summed E-state index contributed by atoms with van der Waals surface area (Å²) in [6.45, 7) is 4.49. The van der Waals surface area contributed by atoms with E-state index < -0.39 is 0 Å². The maximum atomic E-state index is 8.96. The van der Waals surface area contributed by atoms with Crippen LogP contribution in [0.15, 0.2) is 27.7 Å². The smallest absolute Gasteiger partial charge is 0.252 e. The Morgan fingerprint density at radius 3 is 2.92 bits per heavy atom. The molecule has 0 aliphatic carbocycles. The highest BCUT2D eigenvalue weighted by molar-refractivity contribution is 5.81. The number of nitriles is 1. The molecule has 1 heterocycles. The van der Waals surface area contributed by atoms with E-state index in [2.05, 4.69) is 22.4 Å². The van der Waals surface area contributed by atoms with Crippen LogP contribution in [-0.4, -0.2) is 24.9 Å². The van der Waals surface area contributed by atoms with E-state index in [1.807, 2.05) is 24.3 Å². The zero-order valence-electron chi connectivity index (χ0n) is 14.7. The second kappa shape index (κ2) is 9.33. The van der Waals surface area contributed by atoms with Gasteiger partial charge in [0.05, 0.1) is 19.9 Å². The Morgan fingerprint density at radius 1 is 1.36 bits per heavy atom. The van der Waals surface area contributed by atoms with E-state index in [9.17, 15) is 0 Å². The van der Waals surface area contributed by atoms with Gasteiger partial charge in [0.1, 0.15) is 6.07 Å². The van der Waals surface area contributed by atoms with Crippen molar-refractivity contribution in [3.8, 4) is 17.6 Å². The monoisotopic (exact) mass is 342 g/mol. The van der Waals surface area contributed by atoms with Crippen LogP contribution in [0.25, 0.3) is 0 Å². The van der Waals surface area contributed by atoms with E-state index in [0.717, 1.165) is 24.8 Å². The van der Waals surface area contributed by atoms with Gasteiger partial charge in [-0.3, -0.25) is 0 Å². The molecule has 0 radical (unpaired) electrons. The first-order valence-electron chi connectivity index (χ1n) is 8.15. The minimum absolute atomic E-state index is 0.169. The van der Waals surface area contributed by atoms with Crippen molar-refractivity contribution < 1.29 is 13.9 Å². The number of nitrogens with one attached hydrogen (secondary N) is 1. The third kappa shape index (κ3) is 5.24. The van der Waals surface area contributed by atoms with Crippen LogP contribution < -0.4 is 14.9 Å². The topological polar surface area (TPSA) is 92.7 Å². The summed E-state index contributed by atoms with van der Waals surface area (Å²) >= 11 is 0. The van der Waals surface area contributed by atoms with Gasteiger partial charge < -0.3 is 13.9 Å². The van der Waals surface area contributed by atoms with Crippen molar-refractivity contribution in [2.75, 3.05) is 19.1 Å². The molecule has 2 rings (SSSR count). The van der Waals surface area contributed by atoms with E-state index in [4.69, 9.17) is 19.2 Å². The molecule has 0 aliphatic heterocycles. The van der Waals surface area contributed by atoms with Crippen LogP contribution in [-0.2, 0) is 0 Å². The van der Waals surface area contributed by atoms with Crippen LogP contribution in [0.1, 0.15) is 43.3 Å². The van der Waals surface area contributed by atoms with Gasteiger partial charge in [0.15, 0.2) is 17.4 Å². The largest absolute Gasteiger partial charge is 0.493 e. The number of unbranched alkanes of at least 4 members (excludes halogenated alkanes) is 2. The van der Waals surface area contributed by atoms with Gasteiger partial charge in [-0.2, -0.15) is 10.4 Å². The molecule has 0 atom stereocenters. The summed E-state index contributed by atoms with van der Waals surface area (Å²) in [5.74, 6) is 1.98. The number of nitrogens with zero attached hydrogens (tertiary/aromatic N) is 3. The molecule has 0 saturated heterocycles. The zero-order valence-corrected chi connectivity index (χ0v) is 14.7. The number of aromatic nitrogens is 1. The molecule has 25 heavy (non-hydrogen) atoms. The van der Waals surface area contributed by atoms with Crippen LogP contribution in [0.3, 0.4) is 0 Å². The van der Waals surface area contributed by atoms with Crippen molar-refractivity contribution >= 4 is 12.1 Å². The van der Waals surface area contributed by atoms with Crippen molar-refractivity contribution in [2.45, 2.75) is 33.1 Å². The molecule has 0 saturated carbocycles. The number of rotatable bonds is 9. The van der Waals surface area contributed by atoms with E-state index in [1.54, 1.807) is 20.2 Å². The molecule has 0 spiro atoms. The van der Waals surface area contributed by atoms with Crippen LogP contribution >= 0.6 is 0 Å². The standard InChI is InChI=1S/C18H22N4O3/c1-4-5-6-9-24-16-8-7-14(10-17(16)23-3)12-20-22-18-15(11-19)21-13(2)25-18/h7-8,10,12,22H,4-6,9H2,1-3H3/b20-12+. The fourth-order valence-electron chi connectivity index (χ4n) is 2.16. The number of hydrogen-bond donors (Lipinski definition) is 1. The van der Waals surface area contributed by atoms with Gasteiger partial charge in [0, 0.05) is 6.92 Å². The van der Waals surface area contributed by atoms with Gasteiger partial charge in [-0.1, -0.05) is 19.8 Å². The highest BCUT2D eigenvalue weighted by atomic mass is 16.5. The van der Waals surface area contributed by atoms with E-state index in [1.165, 1.54) is 0 Å². The second-order valence-corrected chi connectivity index (χ2v) is 5.36. The highest BCUT2D eigenvalue weighted by Crippen LogP contribution is 2.27. The minimum Gasteiger partial charge on any atom is -0.493 e. The van der Waals surface area contributed by atoms with Crippen LogP contribution in [0, 0.1) is 18.3 Å². The number of aryl methyl sites for hydroxylation is 1. The summed E-state index contributed by atoms with van der Waals surface area (Å²) in [5.41, 5.74) is 3.67. The van der Waals surface area contributed by atoms with Crippen molar-refractivity contribution in [1.29, 1.82) is 5.26 Å². The summed E-state index contributed by atoms with van der Waals surface area (Å²) in [6.07, 6.45) is 4.92. The quantitative estimate of drug-likeness (QED) is 0.422. The highest BCUT2D eigenvalue weighted by Gasteiger charge is 2.09. The normalized spacial score (nSPS) is 10.6. The molecular formula is C18H22N4O3. The van der Waals surface area contributed by atoms with Crippen molar-refractivity contribution in [3.63, 3.8) is 0 Å². The summed E-state index contributed by atoms with van der Waals surface area (Å²) in [7, 11) is 1.60. The Morgan fingerprint density at radius 2 is 2.20 bits per heavy atom. The first-order chi connectivity index (χ1) is 12.2. The molecule has 7 nitrogen and oxygen atoms in total. The van der Waals surface area contributed by atoms with Gasteiger partial charge >= 0.3 is 0 Å². The van der Waals surface area contributed by atoms with E-state index >= 15 is 0 Å². The predicted molar refractivity (Wildman–Crippen MR) is 95.2 cm³/mol. The second-order valence-electron chi connectivity index (χ2n) is 5.36. The molecule has 0 bridgehead atoms. The lowest BCUT2D eigenvalue weighted by Crippen LogP contribution is -2.00. The lowest BCUT2D eigenvalue weighted by Gasteiger charge is -2.11. The maximum absolute atomic E-state index is 8.96. The van der Waals surface area contributed by atoms with Crippen LogP contribution in [0.2, 0.25) is 0 Å². The summed E-state index contributed by atoms with van der Waals surface area (Å²) in [5, 5.41) is 13.0. The van der Waals surface area contributed by atoms with Gasteiger partial charge in [-0.15, -0.1) is 0 Å². The number of hydrazone groups is 1. The summed E-state index contributed by atoms with van der Waals surface area (Å²) < 4.78 is 16.4. The first-order valence-corrected chi connectivity index (χ1v) is 8.15. The Labute approximate surface area is 147 Å². The maximum Gasteiger partial charge on any atom is 0.252 e. The van der Waals surface area contributed by atoms with Crippen molar-refractivity contribution in [1.82, 2.24) is 4.98 Å². The lowest BCUT2D eigenvalue weighted by atomic mass is 10.2. The predicted octanol–water partition coefficient (Wildman–Crippen LogP) is 3.88. The average Bonchev–Trinajstić information content (AvgIpc) is 2.99. The molecule has 1 N–H and O–H groups in total. The molecule has 0 aliphatic rings. The van der Waals surface area contributed by atoms with E-state index in [0.29, 0.717) is 24.0 Å². The third-order valence-electron chi connectivity index (χ3n) is 3.41. The van der Waals surface area contributed by atoms with Gasteiger partial charge in [0.2, 0.25) is 5.69 Å². The molecule has 7 heteroatoms. The van der Waals surface area contributed by atoms with Crippen molar-refractivity contribution in [3.05, 3.63) is 35.3 Å². The Hall–Kier alpha value is -3.01. The van der Waals surface area contributed by atoms with Gasteiger partial charge in [0.25, 0.3) is 5.88 Å². The molecule has 0 fully saturated rings. The molecule has 2 aromatic rings. The number of benzene rings is 1. The fourth-order valence-corrected chi connectivity index (χ4v) is 2.16. The van der Waals surface area contributed by atoms with Gasteiger partial charge in [-0.25, -0.2) is 10.4 Å². The van der Waals surface area contributed by atoms with Crippen LogP contribution in [0.4, 0.5) is 5.88 Å². The van der Waals surface area contributed by atoms with Crippen LogP contribution in [0.5, 0.6) is 11.5 Å². The number of anilines is 1. The SMILES string of the molecule is CCCCCOc1ccc(/C=N/Nc2oc(C)nc2C#N)cc1OC. The zero-order chi connectivity index (χ0) is 18.1. The minimum atomic E-state index is 0.169. The summed E-state index contributed by atoms with van der Waals surface area (Å²) in [6, 6.07) is 7.50.